The number of aryl methyl sites for hydroxylation is 1. The number of hydrogen-bond donors (Lipinski definition) is 0. The van der Waals surface area contributed by atoms with E-state index in [1.165, 1.54) is 0 Å². The highest BCUT2D eigenvalue weighted by Crippen LogP contribution is 2.20. The summed E-state index contributed by atoms with van der Waals surface area (Å²) in [6.45, 7) is 2.85. The van der Waals surface area contributed by atoms with Crippen molar-refractivity contribution in [2.75, 3.05) is 0 Å². The molecular formula is C17H15BrN2O. The number of fused-ring (bicyclic) bond motifs is 1. The van der Waals surface area contributed by atoms with Crippen molar-refractivity contribution >= 4 is 32.6 Å². The minimum Gasteiger partial charge on any atom is -0.294 e. The summed E-state index contributed by atoms with van der Waals surface area (Å²) in [4.78, 5) is 12.4. The Bertz CT molecular complexity index is 807. The lowest BCUT2D eigenvalue weighted by molar-refractivity contribution is 0.0992. The van der Waals surface area contributed by atoms with Crippen LogP contribution >= 0.6 is 15.9 Å². The van der Waals surface area contributed by atoms with Gasteiger partial charge in [0.25, 0.3) is 0 Å². The van der Waals surface area contributed by atoms with Crippen molar-refractivity contribution < 1.29 is 4.79 Å². The molecular weight excluding hydrogens is 328 g/mol. The van der Waals surface area contributed by atoms with Crippen LogP contribution < -0.4 is 0 Å². The van der Waals surface area contributed by atoms with E-state index in [0.717, 1.165) is 27.6 Å². The summed E-state index contributed by atoms with van der Waals surface area (Å²) in [5.74, 6) is 0.0859. The van der Waals surface area contributed by atoms with Crippen LogP contribution in [-0.4, -0.2) is 15.6 Å². The quantitative estimate of drug-likeness (QED) is 0.664. The smallest absolute Gasteiger partial charge is 0.168 e. The van der Waals surface area contributed by atoms with Crippen LogP contribution in [0.1, 0.15) is 23.0 Å². The van der Waals surface area contributed by atoms with E-state index in [1.807, 2.05) is 53.2 Å². The molecule has 0 unspecified atom stereocenters. The molecule has 0 saturated heterocycles. The Morgan fingerprint density at radius 2 is 2.00 bits per heavy atom. The predicted octanol–water partition coefficient (Wildman–Crippen LogP) is 4.24. The van der Waals surface area contributed by atoms with Gasteiger partial charge in [0.1, 0.15) is 0 Å². The first kappa shape index (κ1) is 14.0. The molecule has 0 radical (unpaired) electrons. The maximum absolute atomic E-state index is 12.4. The lowest BCUT2D eigenvalue weighted by Crippen LogP contribution is -2.05. The summed E-state index contributed by atoms with van der Waals surface area (Å²) in [5.41, 5.74) is 2.63. The van der Waals surface area contributed by atoms with Crippen LogP contribution in [0.5, 0.6) is 0 Å². The molecule has 3 aromatic rings. The largest absolute Gasteiger partial charge is 0.294 e. The van der Waals surface area contributed by atoms with Gasteiger partial charge in [0.15, 0.2) is 5.78 Å². The molecule has 1 heterocycles. The minimum atomic E-state index is 0.0859. The molecule has 0 N–H and O–H groups in total. The van der Waals surface area contributed by atoms with Crippen molar-refractivity contribution in [3.63, 3.8) is 0 Å². The Morgan fingerprint density at radius 3 is 2.76 bits per heavy atom. The van der Waals surface area contributed by atoms with Gasteiger partial charge in [-0.2, -0.15) is 5.10 Å². The van der Waals surface area contributed by atoms with E-state index in [1.54, 1.807) is 0 Å². The van der Waals surface area contributed by atoms with Crippen LogP contribution in [0.2, 0.25) is 0 Å². The Morgan fingerprint density at radius 1 is 1.19 bits per heavy atom. The SMILES string of the molecule is CCn1nc(CC(=O)c2cccc(Br)c2)c2ccccc21. The van der Waals surface area contributed by atoms with E-state index in [-0.39, 0.29) is 5.78 Å². The maximum atomic E-state index is 12.4. The first-order valence-corrected chi connectivity index (χ1v) is 7.71. The summed E-state index contributed by atoms with van der Waals surface area (Å²) < 4.78 is 2.86. The van der Waals surface area contributed by atoms with Crippen LogP contribution in [0.15, 0.2) is 53.0 Å². The van der Waals surface area contributed by atoms with Crippen LogP contribution in [-0.2, 0) is 13.0 Å². The minimum absolute atomic E-state index is 0.0859. The van der Waals surface area contributed by atoms with Crippen LogP contribution in [0.3, 0.4) is 0 Å². The maximum Gasteiger partial charge on any atom is 0.168 e. The van der Waals surface area contributed by atoms with Gasteiger partial charge in [0.05, 0.1) is 17.6 Å². The number of benzene rings is 2. The Hall–Kier alpha value is -1.94. The molecule has 1 aromatic heterocycles. The zero-order valence-corrected chi connectivity index (χ0v) is 13.3. The van der Waals surface area contributed by atoms with Crippen LogP contribution in [0.4, 0.5) is 0 Å². The first-order valence-electron chi connectivity index (χ1n) is 6.92. The van der Waals surface area contributed by atoms with Gasteiger partial charge in [-0.05, 0) is 25.1 Å². The van der Waals surface area contributed by atoms with Crippen molar-refractivity contribution in [2.24, 2.45) is 0 Å². The van der Waals surface area contributed by atoms with Crippen molar-refractivity contribution in [1.29, 1.82) is 0 Å². The molecule has 0 fully saturated rings. The highest BCUT2D eigenvalue weighted by atomic mass is 79.9. The number of carbonyl (C=O) groups is 1. The van der Waals surface area contributed by atoms with Gasteiger partial charge in [-0.3, -0.25) is 9.48 Å². The second kappa shape index (κ2) is 5.82. The first-order chi connectivity index (χ1) is 10.2. The monoisotopic (exact) mass is 342 g/mol. The Labute approximate surface area is 131 Å². The molecule has 106 valence electrons. The molecule has 3 nitrogen and oxygen atoms in total. The second-order valence-electron chi connectivity index (χ2n) is 4.89. The second-order valence-corrected chi connectivity index (χ2v) is 5.81. The Balaban J connectivity index is 1.97. The molecule has 0 spiro atoms. The van der Waals surface area contributed by atoms with Gasteiger partial charge in [-0.25, -0.2) is 0 Å². The topological polar surface area (TPSA) is 34.9 Å². The summed E-state index contributed by atoms with van der Waals surface area (Å²) in [7, 11) is 0. The summed E-state index contributed by atoms with van der Waals surface area (Å²) in [5, 5.41) is 5.64. The van der Waals surface area contributed by atoms with Crippen LogP contribution in [0, 0.1) is 0 Å². The van der Waals surface area contributed by atoms with Gasteiger partial charge in [0.2, 0.25) is 0 Å². The van der Waals surface area contributed by atoms with Crippen molar-refractivity contribution in [3.8, 4) is 0 Å². The number of para-hydroxylation sites is 1. The molecule has 21 heavy (non-hydrogen) atoms. The van der Waals surface area contributed by atoms with Crippen molar-refractivity contribution in [3.05, 3.63) is 64.3 Å². The lowest BCUT2D eigenvalue weighted by atomic mass is 10.0. The zero-order chi connectivity index (χ0) is 14.8. The fraction of sp³-hybridized carbons (Fsp3) is 0.176. The molecule has 0 amide bonds. The summed E-state index contributed by atoms with van der Waals surface area (Å²) in [6.07, 6.45) is 0.323. The van der Waals surface area contributed by atoms with E-state index < -0.39 is 0 Å². The molecule has 4 heteroatoms. The fourth-order valence-corrected chi connectivity index (χ4v) is 2.88. The van der Waals surface area contributed by atoms with Crippen LogP contribution in [0.25, 0.3) is 10.9 Å². The zero-order valence-electron chi connectivity index (χ0n) is 11.7. The number of hydrogen-bond acceptors (Lipinski definition) is 2. The summed E-state index contributed by atoms with van der Waals surface area (Å²) >= 11 is 3.40. The predicted molar refractivity (Wildman–Crippen MR) is 87.6 cm³/mol. The van der Waals surface area contributed by atoms with Gasteiger partial charge >= 0.3 is 0 Å². The number of carbonyl (C=O) groups excluding carboxylic acids is 1. The molecule has 0 aliphatic rings. The molecule has 0 aliphatic heterocycles. The highest BCUT2D eigenvalue weighted by Gasteiger charge is 2.14. The number of halogens is 1. The average molecular weight is 343 g/mol. The van der Waals surface area contributed by atoms with Crippen molar-refractivity contribution in [1.82, 2.24) is 9.78 Å². The highest BCUT2D eigenvalue weighted by molar-refractivity contribution is 9.10. The van der Waals surface area contributed by atoms with E-state index in [2.05, 4.69) is 28.0 Å². The number of rotatable bonds is 4. The number of aromatic nitrogens is 2. The van der Waals surface area contributed by atoms with Crippen molar-refractivity contribution in [2.45, 2.75) is 19.9 Å². The van der Waals surface area contributed by atoms with E-state index in [0.29, 0.717) is 12.0 Å². The van der Waals surface area contributed by atoms with Gasteiger partial charge < -0.3 is 0 Å². The van der Waals surface area contributed by atoms with E-state index in [9.17, 15) is 4.79 Å². The lowest BCUT2D eigenvalue weighted by Gasteiger charge is -2.00. The molecule has 0 saturated carbocycles. The molecule has 0 aliphatic carbocycles. The van der Waals surface area contributed by atoms with E-state index in [4.69, 9.17) is 0 Å². The summed E-state index contributed by atoms with van der Waals surface area (Å²) in [6, 6.07) is 15.5. The third-order valence-corrected chi connectivity index (χ3v) is 4.00. The third kappa shape index (κ3) is 2.76. The number of nitrogens with zero attached hydrogens (tertiary/aromatic N) is 2. The van der Waals surface area contributed by atoms with E-state index >= 15 is 0 Å². The molecule has 3 rings (SSSR count). The van der Waals surface area contributed by atoms with Gasteiger partial charge in [-0.1, -0.05) is 46.3 Å². The number of Topliss-reactive ketones (excluding diaryl/α,β-unsaturated/α-hetero) is 1. The molecule has 2 aromatic carbocycles. The molecule has 0 bridgehead atoms. The number of ketones is 1. The van der Waals surface area contributed by atoms with Gasteiger partial charge in [0, 0.05) is 22.0 Å². The Kier molecular flexibility index (Phi) is 3.88. The average Bonchev–Trinajstić information content (AvgIpc) is 2.85. The van der Waals surface area contributed by atoms with Gasteiger partial charge in [-0.15, -0.1) is 0 Å². The molecule has 0 atom stereocenters. The fourth-order valence-electron chi connectivity index (χ4n) is 2.48. The third-order valence-electron chi connectivity index (χ3n) is 3.51. The standard InChI is InChI=1S/C17H15BrN2O/c1-2-20-16-9-4-3-8-14(16)15(19-20)11-17(21)12-6-5-7-13(18)10-12/h3-10H,2,11H2,1H3. The normalized spacial score (nSPS) is 11.0.